The summed E-state index contributed by atoms with van der Waals surface area (Å²) in [6.07, 6.45) is 2.89. The molecule has 1 aromatic heterocycles. The summed E-state index contributed by atoms with van der Waals surface area (Å²) in [5, 5.41) is 13.3. The molecule has 96 valence electrons. The molecule has 1 heterocycles. The van der Waals surface area contributed by atoms with E-state index in [0.29, 0.717) is 13.1 Å². The van der Waals surface area contributed by atoms with Crippen LogP contribution in [-0.2, 0) is 19.5 Å². The topological polar surface area (TPSA) is 45.2 Å². The lowest BCUT2D eigenvalue weighted by atomic mass is 10.2. The van der Waals surface area contributed by atoms with Crippen LogP contribution in [0.15, 0.2) is 24.4 Å². The Labute approximate surface area is 109 Å². The number of aromatic hydroxyl groups is 1. The number of phenols is 1. The second-order valence-electron chi connectivity index (χ2n) is 3.96. The van der Waals surface area contributed by atoms with Crippen LogP contribution < -0.4 is 5.32 Å². The van der Waals surface area contributed by atoms with Gasteiger partial charge in [0.05, 0.1) is 0 Å². The Hall–Kier alpha value is -1.46. The zero-order chi connectivity index (χ0) is 13.0. The van der Waals surface area contributed by atoms with Crippen LogP contribution in [0.25, 0.3) is 0 Å². The summed E-state index contributed by atoms with van der Waals surface area (Å²) < 4.78 is 13.1. The van der Waals surface area contributed by atoms with Crippen LogP contribution in [0, 0.1) is 5.82 Å². The Bertz CT molecular complexity index is 527. The average Bonchev–Trinajstić information content (AvgIpc) is 2.82. The number of phenolic OH excluding ortho intramolecular Hbond substituents is 1. The van der Waals surface area contributed by atoms with E-state index in [1.54, 1.807) is 17.4 Å². The molecule has 0 bridgehead atoms. The zero-order valence-electron chi connectivity index (χ0n) is 10.1. The van der Waals surface area contributed by atoms with Crippen molar-refractivity contribution in [2.24, 2.45) is 0 Å². The molecule has 1 aromatic carbocycles. The third-order valence-corrected chi connectivity index (χ3v) is 3.71. The van der Waals surface area contributed by atoms with Gasteiger partial charge in [-0.05, 0) is 24.1 Å². The van der Waals surface area contributed by atoms with Gasteiger partial charge in [-0.3, -0.25) is 0 Å². The number of hydrogen-bond acceptors (Lipinski definition) is 4. The summed E-state index contributed by atoms with van der Waals surface area (Å²) in [5.74, 6) is -0.900. The minimum absolute atomic E-state index is 0.314. The molecule has 0 aliphatic heterocycles. The molecule has 2 N–H and O–H groups in total. The standard InChI is InChI=1S/C13H15FN2OS/c1-2-10-7-16-13(18-10)8-15-6-9-3-4-12(17)11(14)5-9/h3-5,7,15,17H,2,6,8H2,1H3. The number of aryl methyl sites for hydroxylation is 1. The number of aromatic nitrogens is 1. The molecular formula is C13H15FN2OS. The summed E-state index contributed by atoms with van der Waals surface area (Å²) in [6, 6.07) is 4.40. The molecule has 3 nitrogen and oxygen atoms in total. The van der Waals surface area contributed by atoms with Gasteiger partial charge in [0.2, 0.25) is 0 Å². The highest BCUT2D eigenvalue weighted by atomic mass is 32.1. The van der Waals surface area contributed by atoms with Crippen LogP contribution in [0.1, 0.15) is 22.4 Å². The van der Waals surface area contributed by atoms with E-state index in [-0.39, 0.29) is 5.75 Å². The highest BCUT2D eigenvalue weighted by Gasteiger charge is 2.03. The Morgan fingerprint density at radius 3 is 2.89 bits per heavy atom. The molecule has 0 saturated heterocycles. The van der Waals surface area contributed by atoms with E-state index in [1.807, 2.05) is 6.20 Å². The van der Waals surface area contributed by atoms with Gasteiger partial charge in [0, 0.05) is 24.2 Å². The van der Waals surface area contributed by atoms with Gasteiger partial charge in [0.25, 0.3) is 0 Å². The molecular weight excluding hydrogens is 251 g/mol. The van der Waals surface area contributed by atoms with Gasteiger partial charge in [0.1, 0.15) is 5.01 Å². The molecule has 2 rings (SSSR count). The van der Waals surface area contributed by atoms with Crippen LogP contribution in [0.3, 0.4) is 0 Å². The fourth-order valence-corrected chi connectivity index (χ4v) is 2.40. The Balaban J connectivity index is 1.86. The van der Waals surface area contributed by atoms with Crippen molar-refractivity contribution < 1.29 is 9.50 Å². The second kappa shape index (κ2) is 5.93. The molecule has 0 aliphatic rings. The van der Waals surface area contributed by atoms with Gasteiger partial charge < -0.3 is 10.4 Å². The monoisotopic (exact) mass is 266 g/mol. The summed E-state index contributed by atoms with van der Waals surface area (Å²) >= 11 is 1.69. The fraction of sp³-hybridized carbons (Fsp3) is 0.308. The maximum Gasteiger partial charge on any atom is 0.165 e. The van der Waals surface area contributed by atoms with Crippen molar-refractivity contribution in [2.75, 3.05) is 0 Å². The van der Waals surface area contributed by atoms with Crippen LogP contribution in [0.2, 0.25) is 0 Å². The number of nitrogens with one attached hydrogen (secondary N) is 1. The minimum Gasteiger partial charge on any atom is -0.505 e. The molecule has 0 saturated carbocycles. The predicted octanol–water partition coefficient (Wildman–Crippen LogP) is 2.84. The van der Waals surface area contributed by atoms with Crippen molar-refractivity contribution in [3.05, 3.63) is 45.7 Å². The highest BCUT2D eigenvalue weighted by molar-refractivity contribution is 7.11. The van der Waals surface area contributed by atoms with Gasteiger partial charge in [-0.2, -0.15) is 0 Å². The largest absolute Gasteiger partial charge is 0.505 e. The van der Waals surface area contributed by atoms with E-state index >= 15 is 0 Å². The number of rotatable bonds is 5. The number of nitrogens with zero attached hydrogens (tertiary/aromatic N) is 1. The van der Waals surface area contributed by atoms with Gasteiger partial charge >= 0.3 is 0 Å². The summed E-state index contributed by atoms with van der Waals surface area (Å²) in [6.45, 7) is 3.33. The summed E-state index contributed by atoms with van der Waals surface area (Å²) in [5.41, 5.74) is 0.803. The highest BCUT2D eigenvalue weighted by Crippen LogP contribution is 2.16. The first-order valence-corrected chi connectivity index (χ1v) is 6.62. The lowest BCUT2D eigenvalue weighted by molar-refractivity contribution is 0.431. The number of hydrogen-bond donors (Lipinski definition) is 2. The maximum atomic E-state index is 13.1. The third-order valence-electron chi connectivity index (χ3n) is 2.57. The number of halogens is 1. The fourth-order valence-electron chi connectivity index (χ4n) is 1.57. The Morgan fingerprint density at radius 1 is 1.39 bits per heavy atom. The zero-order valence-corrected chi connectivity index (χ0v) is 10.9. The van der Waals surface area contributed by atoms with Gasteiger partial charge in [-0.25, -0.2) is 9.37 Å². The Morgan fingerprint density at radius 2 is 2.22 bits per heavy atom. The normalized spacial score (nSPS) is 10.8. The van der Waals surface area contributed by atoms with Crippen molar-refractivity contribution in [1.29, 1.82) is 0 Å². The van der Waals surface area contributed by atoms with Crippen LogP contribution in [-0.4, -0.2) is 10.1 Å². The van der Waals surface area contributed by atoms with Crippen molar-refractivity contribution >= 4 is 11.3 Å². The first kappa shape index (κ1) is 13.0. The van der Waals surface area contributed by atoms with Crippen LogP contribution in [0.4, 0.5) is 4.39 Å². The molecule has 2 aromatic rings. The van der Waals surface area contributed by atoms with E-state index in [0.717, 1.165) is 17.0 Å². The van der Waals surface area contributed by atoms with Crippen LogP contribution in [0.5, 0.6) is 5.75 Å². The van der Waals surface area contributed by atoms with Crippen LogP contribution >= 0.6 is 11.3 Å². The Kier molecular flexibility index (Phi) is 4.28. The lowest BCUT2D eigenvalue weighted by Crippen LogP contribution is -2.12. The molecule has 0 aliphatic carbocycles. The molecule has 5 heteroatoms. The maximum absolute atomic E-state index is 13.1. The van der Waals surface area contributed by atoms with E-state index in [1.165, 1.54) is 17.0 Å². The van der Waals surface area contributed by atoms with E-state index < -0.39 is 5.82 Å². The van der Waals surface area contributed by atoms with Crippen molar-refractivity contribution in [2.45, 2.75) is 26.4 Å². The SMILES string of the molecule is CCc1cnc(CNCc2ccc(O)c(F)c2)s1. The second-order valence-corrected chi connectivity index (χ2v) is 5.16. The third kappa shape index (κ3) is 3.27. The quantitative estimate of drug-likeness (QED) is 0.874. The van der Waals surface area contributed by atoms with E-state index in [9.17, 15) is 4.39 Å². The molecule has 0 spiro atoms. The van der Waals surface area contributed by atoms with E-state index in [4.69, 9.17) is 5.11 Å². The number of thiazole rings is 1. The number of benzene rings is 1. The minimum atomic E-state index is -0.586. The summed E-state index contributed by atoms with van der Waals surface area (Å²) in [7, 11) is 0. The van der Waals surface area contributed by atoms with Gasteiger partial charge in [-0.15, -0.1) is 11.3 Å². The molecule has 18 heavy (non-hydrogen) atoms. The average molecular weight is 266 g/mol. The first-order valence-electron chi connectivity index (χ1n) is 5.80. The van der Waals surface area contributed by atoms with Gasteiger partial charge in [-0.1, -0.05) is 13.0 Å². The molecule has 0 atom stereocenters. The smallest absolute Gasteiger partial charge is 0.165 e. The van der Waals surface area contributed by atoms with Crippen molar-refractivity contribution in [3.63, 3.8) is 0 Å². The first-order chi connectivity index (χ1) is 8.69. The summed E-state index contributed by atoms with van der Waals surface area (Å²) in [4.78, 5) is 5.56. The predicted molar refractivity (Wildman–Crippen MR) is 70.1 cm³/mol. The van der Waals surface area contributed by atoms with Gasteiger partial charge in [0.15, 0.2) is 11.6 Å². The molecule has 0 fully saturated rings. The van der Waals surface area contributed by atoms with Crippen molar-refractivity contribution in [3.8, 4) is 5.75 Å². The lowest BCUT2D eigenvalue weighted by Gasteiger charge is -2.03. The van der Waals surface area contributed by atoms with E-state index in [2.05, 4.69) is 17.2 Å². The van der Waals surface area contributed by atoms with Crippen molar-refractivity contribution in [1.82, 2.24) is 10.3 Å². The molecule has 0 amide bonds. The molecule has 0 radical (unpaired) electrons. The molecule has 0 unspecified atom stereocenters.